The van der Waals surface area contributed by atoms with Gasteiger partial charge in [0.25, 0.3) is 0 Å². The Morgan fingerprint density at radius 2 is 2.04 bits per heavy atom. The minimum Gasteiger partial charge on any atom is -0.360 e. The molecule has 0 amide bonds. The van der Waals surface area contributed by atoms with Crippen LogP contribution in [0.4, 0.5) is 4.39 Å². The minimum atomic E-state index is -3.76. The molecule has 1 aliphatic heterocycles. The fourth-order valence-corrected chi connectivity index (χ4v) is 5.35. The first kappa shape index (κ1) is 17.1. The number of benzene rings is 1. The number of hydrogen-bond donors (Lipinski definition) is 0. The largest absolute Gasteiger partial charge is 0.360 e. The smallest absolute Gasteiger partial charge is 0.249 e. The number of rotatable bonds is 3. The second-order valence-electron chi connectivity index (χ2n) is 6.19. The van der Waals surface area contributed by atoms with Gasteiger partial charge in [0.1, 0.15) is 16.4 Å². The molecule has 130 valence electrons. The Labute approximate surface area is 141 Å². The van der Waals surface area contributed by atoms with Crippen molar-refractivity contribution in [2.45, 2.75) is 50.5 Å². The highest BCUT2D eigenvalue weighted by atomic mass is 32.2. The highest BCUT2D eigenvalue weighted by molar-refractivity contribution is 7.89. The number of halogens is 1. The third-order valence-electron chi connectivity index (χ3n) is 4.47. The van der Waals surface area contributed by atoms with Crippen molar-refractivity contribution in [3.63, 3.8) is 0 Å². The average molecular weight is 352 g/mol. The predicted molar refractivity (Wildman–Crippen MR) is 87.5 cm³/mol. The third kappa shape index (κ3) is 3.10. The summed E-state index contributed by atoms with van der Waals surface area (Å²) >= 11 is 0. The number of aromatic nitrogens is 1. The van der Waals surface area contributed by atoms with Crippen LogP contribution in [-0.4, -0.2) is 24.4 Å². The Hall–Kier alpha value is -1.73. The van der Waals surface area contributed by atoms with Crippen LogP contribution in [0.1, 0.15) is 48.7 Å². The molecule has 0 bridgehead atoms. The summed E-state index contributed by atoms with van der Waals surface area (Å²) in [6.45, 7) is 3.63. The van der Waals surface area contributed by atoms with E-state index in [1.165, 1.54) is 16.4 Å². The molecule has 0 N–H and O–H groups in total. The van der Waals surface area contributed by atoms with E-state index in [0.717, 1.165) is 19.3 Å². The molecule has 1 aliphatic rings. The van der Waals surface area contributed by atoms with Crippen molar-refractivity contribution < 1.29 is 17.3 Å². The molecule has 24 heavy (non-hydrogen) atoms. The fraction of sp³-hybridized carbons (Fsp3) is 0.471. The molecule has 0 radical (unpaired) electrons. The maximum absolute atomic E-state index is 13.7. The molecule has 1 aromatic carbocycles. The Balaban J connectivity index is 2.08. The van der Waals surface area contributed by atoms with Crippen LogP contribution in [0.25, 0.3) is 0 Å². The van der Waals surface area contributed by atoms with E-state index in [0.29, 0.717) is 24.2 Å². The summed E-state index contributed by atoms with van der Waals surface area (Å²) in [6.07, 6.45) is 3.33. The highest BCUT2D eigenvalue weighted by Gasteiger charge is 2.37. The van der Waals surface area contributed by atoms with Gasteiger partial charge in [-0.1, -0.05) is 30.1 Å². The van der Waals surface area contributed by atoms with Crippen LogP contribution < -0.4 is 0 Å². The zero-order valence-corrected chi connectivity index (χ0v) is 14.6. The summed E-state index contributed by atoms with van der Waals surface area (Å²) in [5, 5.41) is 3.77. The molecular weight excluding hydrogens is 331 g/mol. The van der Waals surface area contributed by atoms with Gasteiger partial charge in [-0.05, 0) is 44.4 Å². The lowest BCUT2D eigenvalue weighted by Gasteiger charge is -2.29. The number of aryl methyl sites for hydroxylation is 2. The Morgan fingerprint density at radius 3 is 2.71 bits per heavy atom. The Kier molecular flexibility index (Phi) is 4.73. The van der Waals surface area contributed by atoms with Crippen molar-refractivity contribution >= 4 is 10.0 Å². The molecule has 1 atom stereocenters. The van der Waals surface area contributed by atoms with Crippen molar-refractivity contribution in [2.24, 2.45) is 0 Å². The summed E-state index contributed by atoms with van der Waals surface area (Å²) in [6, 6.07) is 5.83. The summed E-state index contributed by atoms with van der Waals surface area (Å²) in [7, 11) is -3.76. The fourth-order valence-electron chi connectivity index (χ4n) is 3.38. The first-order valence-corrected chi connectivity index (χ1v) is 9.55. The second-order valence-corrected chi connectivity index (χ2v) is 8.02. The minimum absolute atomic E-state index is 0.130. The number of nitrogens with zero attached hydrogens (tertiary/aromatic N) is 2. The first-order valence-electron chi connectivity index (χ1n) is 8.11. The maximum Gasteiger partial charge on any atom is 0.249 e. The van der Waals surface area contributed by atoms with Gasteiger partial charge in [-0.3, -0.25) is 0 Å². The normalized spacial score (nSPS) is 20.0. The van der Waals surface area contributed by atoms with Gasteiger partial charge in [0.2, 0.25) is 10.0 Å². The highest BCUT2D eigenvalue weighted by Crippen LogP contribution is 2.36. The van der Waals surface area contributed by atoms with Gasteiger partial charge in [0, 0.05) is 6.54 Å². The summed E-state index contributed by atoms with van der Waals surface area (Å²) in [5.74, 6) is -0.0684. The van der Waals surface area contributed by atoms with Gasteiger partial charge < -0.3 is 4.52 Å². The zero-order chi connectivity index (χ0) is 17.3. The van der Waals surface area contributed by atoms with Crippen molar-refractivity contribution in [3.05, 3.63) is 47.1 Å². The van der Waals surface area contributed by atoms with E-state index in [-0.39, 0.29) is 22.5 Å². The van der Waals surface area contributed by atoms with E-state index < -0.39 is 10.0 Å². The lowest BCUT2D eigenvalue weighted by atomic mass is 10.0. The predicted octanol–water partition coefficient (Wildman–Crippen LogP) is 3.74. The van der Waals surface area contributed by atoms with Crippen LogP contribution in [-0.2, 0) is 10.0 Å². The van der Waals surface area contributed by atoms with Gasteiger partial charge >= 0.3 is 0 Å². The summed E-state index contributed by atoms with van der Waals surface area (Å²) in [4.78, 5) is 0.130. The van der Waals surface area contributed by atoms with E-state index in [2.05, 4.69) is 5.16 Å². The van der Waals surface area contributed by atoms with E-state index in [1.807, 2.05) is 0 Å². The van der Waals surface area contributed by atoms with Gasteiger partial charge in [-0.15, -0.1) is 0 Å². The van der Waals surface area contributed by atoms with E-state index in [1.54, 1.807) is 26.0 Å². The molecule has 0 aliphatic carbocycles. The second kappa shape index (κ2) is 6.64. The van der Waals surface area contributed by atoms with Crippen molar-refractivity contribution in [1.29, 1.82) is 0 Å². The van der Waals surface area contributed by atoms with Crippen LogP contribution in [0.15, 0.2) is 33.7 Å². The van der Waals surface area contributed by atoms with Gasteiger partial charge in [0.05, 0.1) is 6.04 Å². The lowest BCUT2D eigenvalue weighted by molar-refractivity contribution is 0.327. The van der Waals surface area contributed by atoms with Crippen molar-refractivity contribution in [2.75, 3.05) is 6.54 Å². The molecule has 2 heterocycles. The molecule has 0 saturated carbocycles. The zero-order valence-electron chi connectivity index (χ0n) is 13.8. The first-order chi connectivity index (χ1) is 11.4. The van der Waals surface area contributed by atoms with Crippen molar-refractivity contribution in [3.8, 4) is 0 Å². The molecule has 7 heteroatoms. The van der Waals surface area contributed by atoms with Gasteiger partial charge in [0.15, 0.2) is 5.76 Å². The van der Waals surface area contributed by atoms with E-state index in [4.69, 9.17) is 4.52 Å². The van der Waals surface area contributed by atoms with Crippen LogP contribution >= 0.6 is 0 Å². The van der Waals surface area contributed by atoms with Crippen molar-refractivity contribution in [1.82, 2.24) is 9.46 Å². The Morgan fingerprint density at radius 1 is 1.25 bits per heavy atom. The molecule has 1 aromatic heterocycles. The molecule has 2 aromatic rings. The van der Waals surface area contributed by atoms with E-state index >= 15 is 0 Å². The molecule has 0 unspecified atom stereocenters. The van der Waals surface area contributed by atoms with Crippen LogP contribution in [0.3, 0.4) is 0 Å². The molecule has 1 fully saturated rings. The topological polar surface area (TPSA) is 63.4 Å². The maximum atomic E-state index is 13.7. The van der Waals surface area contributed by atoms with Crippen LogP contribution in [0.2, 0.25) is 0 Å². The van der Waals surface area contributed by atoms with E-state index in [9.17, 15) is 12.8 Å². The number of sulfonamides is 1. The van der Waals surface area contributed by atoms with Gasteiger partial charge in [-0.25, -0.2) is 12.8 Å². The molecule has 3 rings (SSSR count). The summed E-state index contributed by atoms with van der Waals surface area (Å²) < 4.78 is 46.7. The third-order valence-corrected chi connectivity index (χ3v) is 6.62. The quantitative estimate of drug-likeness (QED) is 0.844. The average Bonchev–Trinajstić information content (AvgIpc) is 2.75. The standard InChI is InChI=1S/C17H21FN2O3S/c1-12-17(13(2)23-19-12)24(21,22)20-10-5-3-4-9-16(20)14-7-6-8-15(18)11-14/h6-8,11,16H,3-5,9-10H2,1-2H3/t16-/m1/s1. The monoisotopic (exact) mass is 352 g/mol. The summed E-state index contributed by atoms with van der Waals surface area (Å²) in [5.41, 5.74) is 1.04. The number of hydrogen-bond acceptors (Lipinski definition) is 4. The van der Waals surface area contributed by atoms with Gasteiger partial charge in [-0.2, -0.15) is 4.31 Å². The van der Waals surface area contributed by atoms with Crippen LogP contribution in [0, 0.1) is 19.7 Å². The van der Waals surface area contributed by atoms with Crippen LogP contribution in [0.5, 0.6) is 0 Å². The Bertz CT molecular complexity index is 813. The SMILES string of the molecule is Cc1noc(C)c1S(=O)(=O)N1CCCCC[C@@H]1c1cccc(F)c1. The molecule has 1 saturated heterocycles. The molecule has 5 nitrogen and oxygen atoms in total. The lowest BCUT2D eigenvalue weighted by Crippen LogP contribution is -2.35. The molecule has 0 spiro atoms. The molecular formula is C17H21FN2O3S.